The van der Waals surface area contributed by atoms with Crippen molar-refractivity contribution in [2.45, 2.75) is 18.4 Å². The fourth-order valence-corrected chi connectivity index (χ4v) is 3.99. The quantitative estimate of drug-likeness (QED) is 0.531. The van der Waals surface area contributed by atoms with Crippen LogP contribution in [0.1, 0.15) is 11.5 Å². The van der Waals surface area contributed by atoms with E-state index in [1.165, 1.54) is 4.90 Å². The summed E-state index contributed by atoms with van der Waals surface area (Å²) >= 11 is 14.1. The first-order chi connectivity index (χ1) is 11.6. The van der Waals surface area contributed by atoms with Crippen molar-refractivity contribution in [3.8, 4) is 22.7 Å². The van der Waals surface area contributed by atoms with E-state index in [0.29, 0.717) is 16.7 Å². The van der Waals surface area contributed by atoms with Gasteiger partial charge in [-0.1, -0.05) is 23.2 Å². The number of imidazole rings is 1. The predicted octanol–water partition coefficient (Wildman–Crippen LogP) is 5.77. The fraction of sp³-hybridized carbons (Fsp3) is 0.167. The number of aryl methyl sites for hydroxylation is 1. The minimum absolute atomic E-state index is 0.444. The van der Waals surface area contributed by atoms with E-state index in [2.05, 4.69) is 34.0 Å². The summed E-state index contributed by atoms with van der Waals surface area (Å²) in [6.45, 7) is 2.44. The summed E-state index contributed by atoms with van der Waals surface area (Å²) in [6.07, 6.45) is 2.05. The van der Waals surface area contributed by atoms with Gasteiger partial charge in [0.25, 0.3) is 0 Å². The molecule has 6 heteroatoms. The summed E-state index contributed by atoms with van der Waals surface area (Å²) in [5.74, 6) is 1.74. The maximum atomic E-state index is 6.20. The number of fused-ring (bicyclic) bond motifs is 3. The number of hydrogen-bond donors (Lipinski definition) is 0. The lowest BCUT2D eigenvalue weighted by molar-refractivity contribution is 0.279. The molecule has 0 aliphatic carbocycles. The van der Waals surface area contributed by atoms with Crippen molar-refractivity contribution >= 4 is 35.0 Å². The number of thioether (sulfide) groups is 1. The maximum absolute atomic E-state index is 6.20. The monoisotopic (exact) mass is 376 g/mol. The highest BCUT2D eigenvalue weighted by molar-refractivity contribution is 7.98. The molecule has 0 amide bonds. The minimum Gasteiger partial charge on any atom is -0.483 e. The van der Waals surface area contributed by atoms with Crippen molar-refractivity contribution in [1.29, 1.82) is 0 Å². The zero-order valence-corrected chi connectivity index (χ0v) is 15.5. The number of halogens is 2. The fourth-order valence-electron chi connectivity index (χ4n) is 3.04. The summed E-state index contributed by atoms with van der Waals surface area (Å²) in [5, 5.41) is 1.22. The molecule has 2 heterocycles. The molecular weight excluding hydrogens is 363 g/mol. The van der Waals surface area contributed by atoms with Crippen molar-refractivity contribution in [3.05, 3.63) is 58.0 Å². The summed E-state index contributed by atoms with van der Waals surface area (Å²) < 4.78 is 8.03. The average Bonchev–Trinajstić information content (AvgIpc) is 2.89. The Kier molecular flexibility index (Phi) is 3.99. The summed E-state index contributed by atoms with van der Waals surface area (Å²) in [7, 11) is 0. The van der Waals surface area contributed by atoms with E-state index in [0.717, 1.165) is 34.2 Å². The molecule has 0 saturated carbocycles. The zero-order valence-electron chi connectivity index (χ0n) is 13.1. The van der Waals surface area contributed by atoms with Gasteiger partial charge in [-0.2, -0.15) is 0 Å². The third-order valence-corrected chi connectivity index (χ3v) is 5.18. The Hall–Kier alpha value is -1.62. The second-order valence-electron chi connectivity index (χ2n) is 5.58. The molecular formula is C18H14Cl2N2OS. The van der Waals surface area contributed by atoms with E-state index >= 15 is 0 Å². The largest absolute Gasteiger partial charge is 0.483 e. The van der Waals surface area contributed by atoms with Gasteiger partial charge in [0.05, 0.1) is 17.1 Å². The van der Waals surface area contributed by atoms with Gasteiger partial charge in [0.1, 0.15) is 12.4 Å². The molecule has 3 aromatic rings. The maximum Gasteiger partial charge on any atom is 0.152 e. The van der Waals surface area contributed by atoms with E-state index in [1.807, 2.05) is 19.1 Å². The number of nitrogens with zero attached hydrogens (tertiary/aromatic N) is 2. The van der Waals surface area contributed by atoms with Crippen LogP contribution in [0.3, 0.4) is 0 Å². The normalized spacial score (nSPS) is 12.5. The number of aromatic nitrogens is 2. The molecule has 4 rings (SSSR count). The second kappa shape index (κ2) is 6.03. The Bertz CT molecular complexity index is 932. The van der Waals surface area contributed by atoms with Crippen molar-refractivity contribution < 1.29 is 4.74 Å². The van der Waals surface area contributed by atoms with Gasteiger partial charge in [-0.05, 0) is 49.6 Å². The standard InChI is InChI=1S/C18H14Cl2N2OS/c1-10-18(11-5-12(19)7-13(20)6-11)22-15-4-3-14(24-2)8-16(15)23-9-17(22)21-10/h3-8H,9H2,1-2H3. The van der Waals surface area contributed by atoms with E-state index in [1.54, 1.807) is 17.8 Å². The van der Waals surface area contributed by atoms with E-state index in [9.17, 15) is 0 Å². The van der Waals surface area contributed by atoms with Gasteiger partial charge >= 0.3 is 0 Å². The predicted molar refractivity (Wildman–Crippen MR) is 99.9 cm³/mol. The van der Waals surface area contributed by atoms with Crippen LogP contribution < -0.4 is 4.74 Å². The Balaban J connectivity index is 1.97. The summed E-state index contributed by atoms with van der Waals surface area (Å²) in [5.41, 5.74) is 3.86. The van der Waals surface area contributed by atoms with Gasteiger partial charge in [0, 0.05) is 20.5 Å². The Labute approximate surface area is 154 Å². The van der Waals surface area contributed by atoms with Crippen molar-refractivity contribution in [2.75, 3.05) is 6.26 Å². The molecule has 0 radical (unpaired) electrons. The molecule has 1 aliphatic heterocycles. The first-order valence-electron chi connectivity index (χ1n) is 7.42. The molecule has 24 heavy (non-hydrogen) atoms. The summed E-state index contributed by atoms with van der Waals surface area (Å²) in [4.78, 5) is 5.84. The van der Waals surface area contributed by atoms with Crippen LogP contribution in [0.15, 0.2) is 41.3 Å². The highest BCUT2D eigenvalue weighted by atomic mass is 35.5. The van der Waals surface area contributed by atoms with E-state index < -0.39 is 0 Å². The van der Waals surface area contributed by atoms with Gasteiger partial charge < -0.3 is 4.74 Å². The van der Waals surface area contributed by atoms with Crippen LogP contribution in [0, 0.1) is 6.92 Å². The third kappa shape index (κ3) is 2.59. The lowest BCUT2D eigenvalue weighted by atomic mass is 10.1. The molecule has 0 N–H and O–H groups in total. The van der Waals surface area contributed by atoms with Crippen LogP contribution in [-0.4, -0.2) is 15.8 Å². The van der Waals surface area contributed by atoms with Gasteiger partial charge in [-0.15, -0.1) is 11.8 Å². The highest BCUT2D eigenvalue weighted by Gasteiger charge is 2.24. The molecule has 1 aromatic heterocycles. The van der Waals surface area contributed by atoms with Crippen molar-refractivity contribution in [2.24, 2.45) is 0 Å². The minimum atomic E-state index is 0.444. The summed E-state index contributed by atoms with van der Waals surface area (Å²) in [6, 6.07) is 11.8. The van der Waals surface area contributed by atoms with Gasteiger partial charge in [0.2, 0.25) is 0 Å². The molecule has 3 nitrogen and oxygen atoms in total. The molecule has 0 fully saturated rings. The molecule has 1 aliphatic rings. The van der Waals surface area contributed by atoms with Crippen molar-refractivity contribution in [1.82, 2.24) is 9.55 Å². The molecule has 2 aromatic carbocycles. The molecule has 0 saturated heterocycles. The Morgan fingerprint density at radius 3 is 2.58 bits per heavy atom. The topological polar surface area (TPSA) is 27.1 Å². The smallest absolute Gasteiger partial charge is 0.152 e. The van der Waals surface area contributed by atoms with Crippen molar-refractivity contribution in [3.63, 3.8) is 0 Å². The average molecular weight is 377 g/mol. The number of ether oxygens (including phenoxy) is 1. The number of hydrogen-bond acceptors (Lipinski definition) is 3. The lowest BCUT2D eigenvalue weighted by Crippen LogP contribution is -2.14. The van der Waals surface area contributed by atoms with E-state index in [4.69, 9.17) is 27.9 Å². The highest BCUT2D eigenvalue weighted by Crippen LogP contribution is 2.39. The van der Waals surface area contributed by atoms with Crippen LogP contribution in [0.25, 0.3) is 16.9 Å². The molecule has 0 bridgehead atoms. The van der Waals surface area contributed by atoms with Gasteiger partial charge in [-0.3, -0.25) is 4.57 Å². The van der Waals surface area contributed by atoms with E-state index in [-0.39, 0.29) is 0 Å². The zero-order chi connectivity index (χ0) is 16.8. The molecule has 0 spiro atoms. The first kappa shape index (κ1) is 15.9. The first-order valence-corrected chi connectivity index (χ1v) is 9.41. The van der Waals surface area contributed by atoms with Gasteiger partial charge in [-0.25, -0.2) is 4.98 Å². The lowest BCUT2D eigenvalue weighted by Gasteiger charge is -2.22. The van der Waals surface area contributed by atoms with Crippen LogP contribution in [0.4, 0.5) is 0 Å². The molecule has 122 valence electrons. The third-order valence-electron chi connectivity index (χ3n) is 4.02. The molecule has 0 atom stereocenters. The Morgan fingerprint density at radius 2 is 1.88 bits per heavy atom. The second-order valence-corrected chi connectivity index (χ2v) is 7.33. The number of rotatable bonds is 2. The van der Waals surface area contributed by atoms with Crippen LogP contribution in [0.2, 0.25) is 10.0 Å². The van der Waals surface area contributed by atoms with Crippen LogP contribution in [-0.2, 0) is 6.61 Å². The number of benzene rings is 2. The SMILES string of the molecule is CSc1ccc2c(c1)OCc1nc(C)c(-c3cc(Cl)cc(Cl)c3)n1-2. The van der Waals surface area contributed by atoms with Crippen LogP contribution >= 0.6 is 35.0 Å². The van der Waals surface area contributed by atoms with Crippen LogP contribution in [0.5, 0.6) is 5.75 Å². The van der Waals surface area contributed by atoms with Gasteiger partial charge in [0.15, 0.2) is 5.82 Å². The Morgan fingerprint density at radius 1 is 1.12 bits per heavy atom. The molecule has 0 unspecified atom stereocenters.